The summed E-state index contributed by atoms with van der Waals surface area (Å²) in [6.07, 6.45) is 1.81. The highest BCUT2D eigenvalue weighted by Gasteiger charge is 2.40. The van der Waals surface area contributed by atoms with Gasteiger partial charge in [-0.05, 0) is 40.2 Å². The van der Waals surface area contributed by atoms with Gasteiger partial charge in [0, 0.05) is 23.5 Å². The lowest BCUT2D eigenvalue weighted by Gasteiger charge is -2.20. The van der Waals surface area contributed by atoms with Gasteiger partial charge in [0.25, 0.3) is 0 Å². The number of halogens is 2. The highest BCUT2D eigenvalue weighted by Crippen LogP contribution is 2.37. The molecule has 0 aliphatic heterocycles. The van der Waals surface area contributed by atoms with Crippen molar-refractivity contribution in [2.75, 3.05) is 0 Å². The van der Waals surface area contributed by atoms with Crippen molar-refractivity contribution in [3.05, 3.63) is 38.9 Å². The molecule has 21 heavy (non-hydrogen) atoms. The number of hydrogen-bond acceptors (Lipinski definition) is 4. The second-order valence-corrected chi connectivity index (χ2v) is 8.72. The van der Waals surface area contributed by atoms with E-state index in [1.165, 1.54) is 6.07 Å². The van der Waals surface area contributed by atoms with Crippen LogP contribution in [0.25, 0.3) is 0 Å². The fourth-order valence-corrected chi connectivity index (χ4v) is 5.64. The molecule has 0 amide bonds. The Hall–Kier alpha value is -0.340. The second kappa shape index (κ2) is 6.04. The van der Waals surface area contributed by atoms with Crippen molar-refractivity contribution >= 4 is 48.9 Å². The predicted octanol–water partition coefficient (Wildman–Crippen LogP) is 4.20. The van der Waals surface area contributed by atoms with Gasteiger partial charge in [-0.1, -0.05) is 6.07 Å². The maximum absolute atomic E-state index is 12.9. The van der Waals surface area contributed by atoms with E-state index in [-0.39, 0.29) is 21.5 Å². The van der Waals surface area contributed by atoms with Gasteiger partial charge in [-0.3, -0.25) is 0 Å². The zero-order valence-electron chi connectivity index (χ0n) is 11.0. The summed E-state index contributed by atoms with van der Waals surface area (Å²) in [5.74, 6) is 0.580. The molecule has 1 saturated carbocycles. The van der Waals surface area contributed by atoms with Crippen LogP contribution in [0.2, 0.25) is 0 Å². The first kappa shape index (κ1) is 15.6. The van der Waals surface area contributed by atoms with Crippen molar-refractivity contribution < 1.29 is 12.8 Å². The van der Waals surface area contributed by atoms with Crippen molar-refractivity contribution in [3.63, 3.8) is 0 Å². The minimum absolute atomic E-state index is 0.0818. The lowest BCUT2D eigenvalue weighted by atomic mass is 10.4. The molecule has 2 heterocycles. The van der Waals surface area contributed by atoms with E-state index in [0.717, 1.165) is 17.7 Å². The van der Waals surface area contributed by atoms with Gasteiger partial charge in [-0.15, -0.1) is 22.9 Å². The maximum atomic E-state index is 12.9. The monoisotopic (exact) mass is 409 g/mol. The third-order valence-electron chi connectivity index (χ3n) is 3.27. The van der Waals surface area contributed by atoms with Gasteiger partial charge >= 0.3 is 0 Å². The summed E-state index contributed by atoms with van der Waals surface area (Å²) >= 11 is 10.5. The Labute approximate surface area is 140 Å². The van der Waals surface area contributed by atoms with Gasteiger partial charge in [0.05, 0.1) is 5.88 Å². The SMILES string of the molecule is O=S(=O)(c1cc(CCl)oc1Br)N(Cc1cccs1)C1CC1. The molecule has 0 spiro atoms. The molecular weight excluding hydrogens is 398 g/mol. The third-order valence-corrected chi connectivity index (χ3v) is 7.15. The lowest BCUT2D eigenvalue weighted by Crippen LogP contribution is -2.32. The van der Waals surface area contributed by atoms with E-state index >= 15 is 0 Å². The summed E-state index contributed by atoms with van der Waals surface area (Å²) in [6.45, 7) is 0.401. The van der Waals surface area contributed by atoms with Crippen LogP contribution in [0.3, 0.4) is 0 Å². The Balaban J connectivity index is 1.95. The Bertz CT molecular complexity index is 723. The van der Waals surface area contributed by atoms with Gasteiger partial charge in [0.1, 0.15) is 10.7 Å². The second-order valence-electron chi connectivity index (χ2n) is 4.85. The normalized spacial score (nSPS) is 15.8. The first-order valence-corrected chi connectivity index (χ1v) is 10.1. The number of nitrogens with zero attached hydrogens (tertiary/aromatic N) is 1. The number of furan rings is 1. The molecule has 0 unspecified atom stereocenters. The van der Waals surface area contributed by atoms with Crippen LogP contribution < -0.4 is 0 Å². The van der Waals surface area contributed by atoms with Crippen molar-refractivity contribution in [1.29, 1.82) is 0 Å². The van der Waals surface area contributed by atoms with E-state index in [0.29, 0.717) is 12.3 Å². The predicted molar refractivity (Wildman–Crippen MR) is 86.0 cm³/mol. The fourth-order valence-electron chi connectivity index (χ4n) is 2.09. The molecule has 114 valence electrons. The fraction of sp³-hybridized carbons (Fsp3) is 0.385. The first-order chi connectivity index (χ1) is 10.0. The summed E-state index contributed by atoms with van der Waals surface area (Å²) < 4.78 is 32.9. The Morgan fingerprint density at radius 2 is 2.24 bits per heavy atom. The van der Waals surface area contributed by atoms with Crippen LogP contribution in [0.4, 0.5) is 0 Å². The van der Waals surface area contributed by atoms with E-state index < -0.39 is 10.0 Å². The van der Waals surface area contributed by atoms with Crippen molar-refractivity contribution in [2.45, 2.75) is 36.2 Å². The molecule has 1 aliphatic rings. The Morgan fingerprint density at radius 3 is 2.76 bits per heavy atom. The average Bonchev–Trinajstić information content (AvgIpc) is 2.99. The van der Waals surface area contributed by atoms with Gasteiger partial charge in [0.15, 0.2) is 4.67 Å². The molecule has 0 bridgehead atoms. The summed E-state index contributed by atoms with van der Waals surface area (Å²) in [7, 11) is -3.59. The highest BCUT2D eigenvalue weighted by molar-refractivity contribution is 9.10. The molecule has 3 rings (SSSR count). The largest absolute Gasteiger partial charge is 0.452 e. The zero-order chi connectivity index (χ0) is 15.0. The van der Waals surface area contributed by atoms with E-state index in [1.807, 2.05) is 17.5 Å². The standard InChI is InChI=1S/C13H13BrClNO3S2/c14-13-12(6-10(7-15)19-13)21(17,18)16(9-3-4-9)8-11-2-1-5-20-11/h1-2,5-6,9H,3-4,7-8H2. The Kier molecular flexibility index (Phi) is 4.47. The van der Waals surface area contributed by atoms with Crippen LogP contribution in [0.5, 0.6) is 0 Å². The number of rotatable bonds is 6. The van der Waals surface area contributed by atoms with Crippen molar-refractivity contribution in [3.8, 4) is 0 Å². The number of alkyl halides is 1. The minimum Gasteiger partial charge on any atom is -0.452 e. The van der Waals surface area contributed by atoms with Gasteiger partial charge in [-0.2, -0.15) is 4.31 Å². The molecule has 0 aromatic carbocycles. The van der Waals surface area contributed by atoms with Gasteiger partial charge in [-0.25, -0.2) is 8.42 Å². The number of sulfonamides is 1. The van der Waals surface area contributed by atoms with E-state index in [9.17, 15) is 8.42 Å². The summed E-state index contributed by atoms with van der Waals surface area (Å²) in [5.41, 5.74) is 0. The molecule has 1 fully saturated rings. The quantitative estimate of drug-likeness (QED) is 0.671. The van der Waals surface area contributed by atoms with Crippen LogP contribution in [0, 0.1) is 0 Å². The van der Waals surface area contributed by atoms with Crippen LogP contribution in [-0.2, 0) is 22.4 Å². The van der Waals surface area contributed by atoms with Gasteiger partial charge in [0.2, 0.25) is 10.0 Å². The molecule has 4 nitrogen and oxygen atoms in total. The van der Waals surface area contributed by atoms with Crippen molar-refractivity contribution in [1.82, 2.24) is 4.31 Å². The minimum atomic E-state index is -3.59. The summed E-state index contributed by atoms with van der Waals surface area (Å²) in [5, 5.41) is 1.95. The van der Waals surface area contributed by atoms with Crippen LogP contribution in [-0.4, -0.2) is 18.8 Å². The molecule has 0 radical (unpaired) electrons. The average molecular weight is 411 g/mol. The number of hydrogen-bond donors (Lipinski definition) is 0. The van der Waals surface area contributed by atoms with Crippen LogP contribution >= 0.6 is 38.9 Å². The molecular formula is C13H13BrClNO3S2. The van der Waals surface area contributed by atoms with Gasteiger partial charge < -0.3 is 4.42 Å². The van der Waals surface area contributed by atoms with Crippen molar-refractivity contribution in [2.24, 2.45) is 0 Å². The lowest BCUT2D eigenvalue weighted by molar-refractivity contribution is 0.399. The zero-order valence-corrected chi connectivity index (χ0v) is 14.9. The van der Waals surface area contributed by atoms with Crippen LogP contribution in [0.1, 0.15) is 23.5 Å². The molecule has 0 saturated heterocycles. The molecule has 8 heteroatoms. The Morgan fingerprint density at radius 1 is 1.48 bits per heavy atom. The molecule has 0 N–H and O–H groups in total. The van der Waals surface area contributed by atoms with E-state index in [2.05, 4.69) is 15.9 Å². The van der Waals surface area contributed by atoms with E-state index in [1.54, 1.807) is 15.6 Å². The van der Waals surface area contributed by atoms with E-state index in [4.69, 9.17) is 16.0 Å². The molecule has 2 aromatic rings. The molecule has 1 aliphatic carbocycles. The smallest absolute Gasteiger partial charge is 0.248 e. The molecule has 0 atom stereocenters. The third kappa shape index (κ3) is 3.22. The topological polar surface area (TPSA) is 50.5 Å². The number of thiophene rings is 1. The summed E-state index contributed by atoms with van der Waals surface area (Å²) in [6, 6.07) is 5.45. The summed E-state index contributed by atoms with van der Waals surface area (Å²) in [4.78, 5) is 1.18. The van der Waals surface area contributed by atoms with Crippen LogP contribution in [0.15, 0.2) is 37.6 Å². The molecule has 2 aromatic heterocycles. The highest BCUT2D eigenvalue weighted by atomic mass is 79.9. The maximum Gasteiger partial charge on any atom is 0.248 e. The first-order valence-electron chi connectivity index (χ1n) is 6.41.